The van der Waals surface area contributed by atoms with E-state index in [1.165, 1.54) is 38.5 Å². The van der Waals surface area contributed by atoms with E-state index in [0.717, 1.165) is 38.8 Å². The van der Waals surface area contributed by atoms with Gasteiger partial charge in [-0.3, -0.25) is 29.8 Å². The maximum absolute atomic E-state index is 12.2. The predicted molar refractivity (Wildman–Crippen MR) is 159 cm³/mol. The lowest BCUT2D eigenvalue weighted by molar-refractivity contribution is -0.122. The van der Waals surface area contributed by atoms with Gasteiger partial charge in [-0.25, -0.2) is 0 Å². The van der Waals surface area contributed by atoms with Gasteiger partial charge in [0.1, 0.15) is 0 Å². The minimum Gasteiger partial charge on any atom is -0.306 e. The van der Waals surface area contributed by atoms with Crippen molar-refractivity contribution in [1.29, 1.82) is 0 Å². The number of rotatable bonds is 19. The Morgan fingerprint density at radius 1 is 0.500 bits per heavy atom. The van der Waals surface area contributed by atoms with Gasteiger partial charge in [0.05, 0.1) is 12.1 Å². The Labute approximate surface area is 239 Å². The molecule has 2 aromatic carbocycles. The zero-order chi connectivity index (χ0) is 29.0. The summed E-state index contributed by atoms with van der Waals surface area (Å²) in [7, 11) is 0. The zero-order valence-corrected chi connectivity index (χ0v) is 24.0. The number of hydrogen-bond donors (Lipinski definition) is 4. The first-order valence-electron chi connectivity index (χ1n) is 14.7. The summed E-state index contributed by atoms with van der Waals surface area (Å²) >= 11 is 0. The van der Waals surface area contributed by atoms with Crippen LogP contribution in [-0.4, -0.2) is 48.8 Å². The largest absolute Gasteiger partial charge is 0.306 e. The quantitative estimate of drug-likeness (QED) is 0.188. The number of unbranched alkanes of at least 4 members (excludes halogenated alkanes) is 9. The van der Waals surface area contributed by atoms with Crippen molar-refractivity contribution in [3.8, 4) is 0 Å². The lowest BCUT2D eigenvalue weighted by Gasteiger charge is -2.13. The molecule has 0 heterocycles. The number of imide groups is 2. The van der Waals surface area contributed by atoms with Gasteiger partial charge in [-0.15, -0.1) is 0 Å². The molecule has 8 nitrogen and oxygen atoms in total. The van der Waals surface area contributed by atoms with Gasteiger partial charge in [-0.1, -0.05) is 87.8 Å². The van der Waals surface area contributed by atoms with Crippen molar-refractivity contribution in [2.45, 2.75) is 90.1 Å². The fourth-order valence-electron chi connectivity index (χ4n) is 4.25. The third-order valence-electron chi connectivity index (χ3n) is 6.84. The normalized spacial score (nSPS) is 12.3. The van der Waals surface area contributed by atoms with Crippen LogP contribution in [0.4, 0.5) is 0 Å². The Morgan fingerprint density at radius 2 is 0.800 bits per heavy atom. The van der Waals surface area contributed by atoms with E-state index in [1.807, 2.05) is 12.1 Å². The Bertz CT molecular complexity index is 946. The highest BCUT2D eigenvalue weighted by Crippen LogP contribution is 2.10. The van der Waals surface area contributed by atoms with E-state index in [4.69, 9.17) is 0 Å². The molecule has 0 aliphatic rings. The van der Waals surface area contributed by atoms with Crippen LogP contribution in [0.2, 0.25) is 0 Å². The van der Waals surface area contributed by atoms with Crippen molar-refractivity contribution in [2.75, 3.05) is 13.1 Å². The third kappa shape index (κ3) is 13.6. The molecule has 0 radical (unpaired) electrons. The lowest BCUT2D eigenvalue weighted by Crippen LogP contribution is -2.44. The lowest BCUT2D eigenvalue weighted by atomic mass is 10.1. The van der Waals surface area contributed by atoms with E-state index < -0.39 is 12.1 Å². The smallest absolute Gasteiger partial charge is 0.257 e. The summed E-state index contributed by atoms with van der Waals surface area (Å²) in [6.07, 6.45) is 11.5. The summed E-state index contributed by atoms with van der Waals surface area (Å²) in [5.41, 5.74) is 0.955. The molecule has 0 aromatic heterocycles. The molecule has 0 saturated carbocycles. The monoisotopic (exact) mass is 550 g/mol. The van der Waals surface area contributed by atoms with Crippen LogP contribution in [0.1, 0.15) is 98.8 Å². The Kier molecular flexibility index (Phi) is 16.1. The van der Waals surface area contributed by atoms with E-state index >= 15 is 0 Å². The molecule has 0 saturated heterocycles. The molecule has 0 bridgehead atoms. The minimum atomic E-state index is -0.410. The second-order valence-corrected chi connectivity index (χ2v) is 10.3. The number of nitrogens with one attached hydrogen (secondary N) is 4. The van der Waals surface area contributed by atoms with Gasteiger partial charge >= 0.3 is 0 Å². The van der Waals surface area contributed by atoms with Gasteiger partial charge in [0.2, 0.25) is 11.8 Å². The Hall–Kier alpha value is -3.36. The number of carbonyl (C=O) groups is 4. The van der Waals surface area contributed by atoms with Crippen molar-refractivity contribution in [3.05, 3.63) is 71.8 Å². The van der Waals surface area contributed by atoms with E-state index in [2.05, 4.69) is 21.3 Å². The molecule has 0 spiro atoms. The Balaban J connectivity index is 1.37. The molecule has 0 aliphatic heterocycles. The molecule has 218 valence electrons. The van der Waals surface area contributed by atoms with E-state index in [0.29, 0.717) is 11.1 Å². The van der Waals surface area contributed by atoms with Gasteiger partial charge < -0.3 is 10.6 Å². The maximum atomic E-state index is 12.2. The standard InChI is InChI=1S/C32H46N4O4/c1-25(29(37)35-31(39)27-19-13-11-14-20-27)33-23-17-9-7-5-3-4-6-8-10-18-24-34-26(2)30(38)36-32(40)28-21-15-12-16-22-28/h11-16,19-22,25-26,33-34H,3-10,17-18,23-24H2,1-2H3,(H,35,37,39)(H,36,38,40). The molecule has 4 N–H and O–H groups in total. The van der Waals surface area contributed by atoms with Crippen molar-refractivity contribution < 1.29 is 19.2 Å². The zero-order valence-electron chi connectivity index (χ0n) is 24.0. The topological polar surface area (TPSA) is 116 Å². The molecule has 0 aliphatic carbocycles. The van der Waals surface area contributed by atoms with E-state index in [9.17, 15) is 19.2 Å². The highest BCUT2D eigenvalue weighted by molar-refractivity contribution is 6.06. The SMILES string of the molecule is CC(NCCCCCCCCCCCCNC(C)C(=O)NC(=O)c1ccccc1)C(=O)NC(=O)c1ccccc1. The average Bonchev–Trinajstić information content (AvgIpc) is 2.97. The minimum absolute atomic E-state index is 0.306. The maximum Gasteiger partial charge on any atom is 0.257 e. The molecule has 4 amide bonds. The predicted octanol–water partition coefficient (Wildman–Crippen LogP) is 4.76. The van der Waals surface area contributed by atoms with Crippen molar-refractivity contribution in [3.63, 3.8) is 0 Å². The van der Waals surface area contributed by atoms with Crippen LogP contribution in [0.25, 0.3) is 0 Å². The van der Waals surface area contributed by atoms with Crippen molar-refractivity contribution in [1.82, 2.24) is 21.3 Å². The van der Waals surface area contributed by atoms with Gasteiger partial charge in [0, 0.05) is 11.1 Å². The fraction of sp³-hybridized carbons (Fsp3) is 0.500. The molecular formula is C32H46N4O4. The molecule has 0 fully saturated rings. The van der Waals surface area contributed by atoms with Gasteiger partial charge in [-0.05, 0) is 64.0 Å². The number of hydrogen-bond acceptors (Lipinski definition) is 6. The van der Waals surface area contributed by atoms with Crippen LogP contribution < -0.4 is 21.3 Å². The number of amides is 4. The van der Waals surface area contributed by atoms with Gasteiger partial charge in [0.15, 0.2) is 0 Å². The highest BCUT2D eigenvalue weighted by atomic mass is 16.2. The van der Waals surface area contributed by atoms with Crippen LogP contribution in [0.3, 0.4) is 0 Å². The third-order valence-corrected chi connectivity index (χ3v) is 6.84. The molecule has 2 unspecified atom stereocenters. The van der Waals surface area contributed by atoms with E-state index in [1.54, 1.807) is 62.4 Å². The van der Waals surface area contributed by atoms with Crippen LogP contribution >= 0.6 is 0 Å². The van der Waals surface area contributed by atoms with Crippen LogP contribution in [0.5, 0.6) is 0 Å². The van der Waals surface area contributed by atoms with Crippen LogP contribution in [-0.2, 0) is 9.59 Å². The summed E-state index contributed by atoms with van der Waals surface area (Å²) < 4.78 is 0. The van der Waals surface area contributed by atoms with Crippen molar-refractivity contribution in [2.24, 2.45) is 0 Å². The fourth-order valence-corrected chi connectivity index (χ4v) is 4.25. The highest BCUT2D eigenvalue weighted by Gasteiger charge is 2.17. The number of carbonyl (C=O) groups excluding carboxylic acids is 4. The molecular weight excluding hydrogens is 504 g/mol. The first-order chi connectivity index (χ1) is 19.4. The Morgan fingerprint density at radius 3 is 1.12 bits per heavy atom. The average molecular weight is 551 g/mol. The first kappa shape index (κ1) is 32.8. The second-order valence-electron chi connectivity index (χ2n) is 10.3. The summed E-state index contributed by atoms with van der Waals surface area (Å²) in [6, 6.07) is 16.7. The van der Waals surface area contributed by atoms with Gasteiger partial charge in [0.25, 0.3) is 11.8 Å². The first-order valence-corrected chi connectivity index (χ1v) is 14.7. The molecule has 40 heavy (non-hydrogen) atoms. The summed E-state index contributed by atoms with van der Waals surface area (Å²) in [5, 5.41) is 11.3. The number of benzene rings is 2. The summed E-state index contributed by atoms with van der Waals surface area (Å²) in [4.78, 5) is 48.5. The molecule has 2 atom stereocenters. The van der Waals surface area contributed by atoms with Crippen LogP contribution in [0, 0.1) is 0 Å². The van der Waals surface area contributed by atoms with Gasteiger partial charge in [-0.2, -0.15) is 0 Å². The summed E-state index contributed by atoms with van der Waals surface area (Å²) in [5.74, 6) is -1.35. The molecule has 2 aromatic rings. The molecule has 8 heteroatoms. The van der Waals surface area contributed by atoms with Crippen LogP contribution in [0.15, 0.2) is 60.7 Å². The van der Waals surface area contributed by atoms with E-state index in [-0.39, 0.29) is 23.6 Å². The summed E-state index contributed by atoms with van der Waals surface area (Å²) in [6.45, 7) is 5.06. The van der Waals surface area contributed by atoms with Crippen molar-refractivity contribution >= 4 is 23.6 Å². The molecule has 2 rings (SSSR count). The second kappa shape index (κ2) is 19.7.